The van der Waals surface area contributed by atoms with Crippen molar-refractivity contribution in [3.05, 3.63) is 52.5 Å². The summed E-state index contributed by atoms with van der Waals surface area (Å²) in [6, 6.07) is 7.77. The van der Waals surface area contributed by atoms with Gasteiger partial charge in [0.15, 0.2) is 0 Å². The summed E-state index contributed by atoms with van der Waals surface area (Å²) in [5.74, 6) is 0.438. The average molecular weight is 393 g/mol. The van der Waals surface area contributed by atoms with Gasteiger partial charge in [-0.05, 0) is 34.3 Å². The summed E-state index contributed by atoms with van der Waals surface area (Å²) < 4.78 is 0.750. The third kappa shape index (κ3) is 3.43. The molecule has 1 fully saturated rings. The summed E-state index contributed by atoms with van der Waals surface area (Å²) in [5.41, 5.74) is 0.621. The molecule has 8 heteroatoms. The quantitative estimate of drug-likeness (QED) is 0.744. The zero-order valence-corrected chi connectivity index (χ0v) is 14.4. The van der Waals surface area contributed by atoms with Crippen molar-refractivity contribution in [3.63, 3.8) is 0 Å². The lowest BCUT2D eigenvalue weighted by Crippen LogP contribution is -2.42. The Morgan fingerprint density at radius 2 is 2.12 bits per heavy atom. The van der Waals surface area contributed by atoms with Gasteiger partial charge in [-0.2, -0.15) is 0 Å². The van der Waals surface area contributed by atoms with Gasteiger partial charge in [0.25, 0.3) is 5.91 Å². The summed E-state index contributed by atoms with van der Waals surface area (Å²) in [6.45, 7) is 0.576. The van der Waals surface area contributed by atoms with E-state index >= 15 is 0 Å². The molecule has 7 nitrogen and oxygen atoms in total. The molecular formula is C16H17BrN4O3. The summed E-state index contributed by atoms with van der Waals surface area (Å²) in [7, 11) is 0. The summed E-state index contributed by atoms with van der Waals surface area (Å²) >= 11 is 3.32. The SMILES string of the molecule is O=C(O)N[C@@H](C(=O)N1CCCC1c1ncc(Br)[nH]1)c1ccccc1. The predicted molar refractivity (Wildman–Crippen MR) is 90.3 cm³/mol. The van der Waals surface area contributed by atoms with Gasteiger partial charge in [-0.1, -0.05) is 30.3 Å². The second-order valence-electron chi connectivity index (χ2n) is 5.60. The van der Waals surface area contributed by atoms with Gasteiger partial charge in [-0.15, -0.1) is 0 Å². The topological polar surface area (TPSA) is 98.3 Å². The van der Waals surface area contributed by atoms with E-state index in [9.17, 15) is 9.59 Å². The van der Waals surface area contributed by atoms with E-state index < -0.39 is 12.1 Å². The molecule has 1 aliphatic rings. The molecule has 1 aliphatic heterocycles. The fourth-order valence-electron chi connectivity index (χ4n) is 3.02. The van der Waals surface area contributed by atoms with Crippen LogP contribution in [0.2, 0.25) is 0 Å². The Balaban J connectivity index is 1.87. The molecule has 2 heterocycles. The van der Waals surface area contributed by atoms with Crippen LogP contribution in [0.3, 0.4) is 0 Å². The normalized spacial score (nSPS) is 18.4. The molecule has 0 spiro atoms. The highest BCUT2D eigenvalue weighted by Crippen LogP contribution is 2.33. The van der Waals surface area contributed by atoms with Crippen molar-refractivity contribution in [3.8, 4) is 0 Å². The number of benzene rings is 1. The molecule has 0 radical (unpaired) electrons. The van der Waals surface area contributed by atoms with Gasteiger partial charge in [0.05, 0.1) is 12.2 Å². The van der Waals surface area contributed by atoms with Crippen LogP contribution in [0.5, 0.6) is 0 Å². The third-order valence-electron chi connectivity index (χ3n) is 4.06. The second kappa shape index (κ2) is 7.04. The van der Waals surface area contributed by atoms with Crippen molar-refractivity contribution in [2.75, 3.05) is 6.54 Å². The van der Waals surface area contributed by atoms with Crippen LogP contribution in [0.1, 0.15) is 36.3 Å². The van der Waals surface area contributed by atoms with E-state index in [1.54, 1.807) is 35.4 Å². The number of imidazole rings is 1. The number of aromatic amines is 1. The Labute approximate surface area is 147 Å². The van der Waals surface area contributed by atoms with Crippen molar-refractivity contribution >= 4 is 27.9 Å². The maximum atomic E-state index is 13.0. The van der Waals surface area contributed by atoms with Gasteiger partial charge in [-0.25, -0.2) is 9.78 Å². The number of aromatic nitrogens is 2. The number of carbonyl (C=O) groups is 2. The molecule has 1 saturated heterocycles. The molecule has 0 bridgehead atoms. The van der Waals surface area contributed by atoms with Crippen molar-refractivity contribution in [2.24, 2.45) is 0 Å². The first-order valence-electron chi connectivity index (χ1n) is 7.61. The maximum Gasteiger partial charge on any atom is 0.405 e. The zero-order valence-electron chi connectivity index (χ0n) is 12.8. The first-order valence-corrected chi connectivity index (χ1v) is 8.41. The maximum absolute atomic E-state index is 13.0. The third-order valence-corrected chi connectivity index (χ3v) is 4.47. The van der Waals surface area contributed by atoms with E-state index in [0.717, 1.165) is 17.4 Å². The zero-order chi connectivity index (χ0) is 17.1. The standard InChI is InChI=1S/C16H17BrN4O3/c17-12-9-18-14(19-12)11-7-4-8-21(11)15(22)13(20-16(23)24)10-5-2-1-3-6-10/h1-3,5-6,9,11,13,20H,4,7-8H2,(H,18,19)(H,23,24)/t11?,13-/m1/s1. The number of amides is 2. The van der Waals surface area contributed by atoms with E-state index in [2.05, 4.69) is 31.2 Å². The lowest BCUT2D eigenvalue weighted by molar-refractivity contribution is -0.134. The van der Waals surface area contributed by atoms with Gasteiger partial charge in [0, 0.05) is 6.54 Å². The predicted octanol–water partition coefficient (Wildman–Crippen LogP) is 2.84. The smallest absolute Gasteiger partial charge is 0.405 e. The summed E-state index contributed by atoms with van der Waals surface area (Å²) in [6.07, 6.45) is 2.07. The molecule has 3 rings (SSSR count). The Kier molecular flexibility index (Phi) is 4.84. The fourth-order valence-corrected chi connectivity index (χ4v) is 3.33. The minimum absolute atomic E-state index is 0.175. The molecule has 0 aliphatic carbocycles. The van der Waals surface area contributed by atoms with Crippen molar-refractivity contribution in [1.29, 1.82) is 0 Å². The Morgan fingerprint density at radius 1 is 1.38 bits per heavy atom. The monoisotopic (exact) mass is 392 g/mol. The number of carbonyl (C=O) groups excluding carboxylic acids is 1. The van der Waals surface area contributed by atoms with E-state index in [-0.39, 0.29) is 11.9 Å². The molecule has 2 atom stereocenters. The van der Waals surface area contributed by atoms with Gasteiger partial charge in [0.2, 0.25) is 0 Å². The first-order chi connectivity index (χ1) is 11.6. The molecule has 2 amide bonds. The van der Waals surface area contributed by atoms with Crippen molar-refractivity contribution < 1.29 is 14.7 Å². The van der Waals surface area contributed by atoms with Crippen molar-refractivity contribution in [2.45, 2.75) is 24.9 Å². The molecule has 126 valence electrons. The number of hydrogen-bond donors (Lipinski definition) is 3. The molecule has 1 unspecified atom stereocenters. The number of nitrogens with zero attached hydrogens (tertiary/aromatic N) is 2. The number of H-pyrrole nitrogens is 1. The highest BCUT2D eigenvalue weighted by Gasteiger charge is 2.36. The van der Waals surface area contributed by atoms with Crippen LogP contribution in [-0.2, 0) is 4.79 Å². The van der Waals surface area contributed by atoms with Crippen LogP contribution in [0.15, 0.2) is 41.1 Å². The molecule has 3 N–H and O–H groups in total. The van der Waals surface area contributed by atoms with Gasteiger partial charge >= 0.3 is 6.09 Å². The van der Waals surface area contributed by atoms with Crippen LogP contribution in [0.25, 0.3) is 0 Å². The van der Waals surface area contributed by atoms with E-state index in [1.807, 2.05) is 6.07 Å². The number of nitrogens with one attached hydrogen (secondary N) is 2. The number of likely N-dealkylation sites (tertiary alicyclic amines) is 1. The van der Waals surface area contributed by atoms with Gasteiger partial charge in [-0.3, -0.25) is 4.79 Å². The Hall–Kier alpha value is -2.35. The van der Waals surface area contributed by atoms with E-state index in [1.165, 1.54) is 0 Å². The minimum atomic E-state index is -1.23. The average Bonchev–Trinajstić information content (AvgIpc) is 3.21. The van der Waals surface area contributed by atoms with Crippen LogP contribution in [-0.4, -0.2) is 38.5 Å². The second-order valence-corrected chi connectivity index (χ2v) is 6.45. The van der Waals surface area contributed by atoms with Crippen LogP contribution in [0.4, 0.5) is 4.79 Å². The number of hydrogen-bond acceptors (Lipinski definition) is 3. The molecule has 0 saturated carbocycles. The van der Waals surface area contributed by atoms with Crippen LogP contribution >= 0.6 is 15.9 Å². The Morgan fingerprint density at radius 3 is 2.75 bits per heavy atom. The van der Waals surface area contributed by atoms with E-state index in [0.29, 0.717) is 17.9 Å². The minimum Gasteiger partial charge on any atom is -0.465 e. The fraction of sp³-hybridized carbons (Fsp3) is 0.312. The largest absolute Gasteiger partial charge is 0.465 e. The Bertz CT molecular complexity index is 734. The highest BCUT2D eigenvalue weighted by molar-refractivity contribution is 9.10. The molecule has 24 heavy (non-hydrogen) atoms. The summed E-state index contributed by atoms with van der Waals surface area (Å²) in [4.78, 5) is 33.3. The van der Waals surface area contributed by atoms with Crippen LogP contribution in [0, 0.1) is 0 Å². The first kappa shape index (κ1) is 16.5. The molecule has 1 aromatic carbocycles. The van der Waals surface area contributed by atoms with Crippen LogP contribution < -0.4 is 5.32 Å². The molecule has 2 aromatic rings. The van der Waals surface area contributed by atoms with E-state index in [4.69, 9.17) is 5.11 Å². The number of halogens is 1. The summed E-state index contributed by atoms with van der Waals surface area (Å²) in [5, 5.41) is 11.5. The number of carboxylic acid groups (broad SMARTS) is 1. The lowest BCUT2D eigenvalue weighted by atomic mass is 10.1. The number of rotatable bonds is 4. The van der Waals surface area contributed by atoms with Gasteiger partial charge in [0.1, 0.15) is 16.5 Å². The van der Waals surface area contributed by atoms with Gasteiger partial charge < -0.3 is 20.3 Å². The molecular weight excluding hydrogens is 376 g/mol. The van der Waals surface area contributed by atoms with Crippen molar-refractivity contribution in [1.82, 2.24) is 20.2 Å². The molecule has 1 aromatic heterocycles. The lowest BCUT2D eigenvalue weighted by Gasteiger charge is -2.28. The highest BCUT2D eigenvalue weighted by atomic mass is 79.9.